The van der Waals surface area contributed by atoms with Gasteiger partial charge in [0.2, 0.25) is 0 Å². The molecule has 0 radical (unpaired) electrons. The fourth-order valence-electron chi connectivity index (χ4n) is 5.20. The Labute approximate surface area is 239 Å². The molecular weight excluding hydrogens is 520 g/mol. The summed E-state index contributed by atoms with van der Waals surface area (Å²) in [6, 6.07) is 19.4. The van der Waals surface area contributed by atoms with Gasteiger partial charge in [0.15, 0.2) is 5.82 Å². The normalized spacial score (nSPS) is 11.7. The van der Waals surface area contributed by atoms with Crippen LogP contribution in [0.3, 0.4) is 0 Å². The molecule has 0 saturated carbocycles. The van der Waals surface area contributed by atoms with Crippen LogP contribution in [0.2, 0.25) is 5.02 Å². The summed E-state index contributed by atoms with van der Waals surface area (Å²) in [4.78, 5) is 18.8. The Kier molecular flexibility index (Phi) is 7.39. The highest BCUT2D eigenvalue weighted by molar-refractivity contribution is 6.30. The molecule has 204 valence electrons. The number of benzene rings is 3. The first-order valence-electron chi connectivity index (χ1n) is 13.3. The van der Waals surface area contributed by atoms with Crippen molar-refractivity contribution in [3.8, 4) is 22.8 Å². The molecule has 0 bridgehead atoms. The van der Waals surface area contributed by atoms with Crippen molar-refractivity contribution >= 4 is 28.7 Å². The standard InChI is InChI=1S/C33H33ClN4O2/c1-19(2)27-17-28(21(4)14-31(27)40-7)32-36-29-11-9-8-10-26(29)33(39)38(32)35-18-24-15-22(5)37(23(24)6)30-16-25(34)13-12-20(30)3/h8-19H,1-7H3. The van der Waals surface area contributed by atoms with Crippen molar-refractivity contribution in [2.45, 2.75) is 47.5 Å². The van der Waals surface area contributed by atoms with Crippen LogP contribution < -0.4 is 10.3 Å². The number of hydrogen-bond acceptors (Lipinski definition) is 4. The molecule has 3 aromatic carbocycles. The maximum atomic E-state index is 13.8. The third-order valence-corrected chi connectivity index (χ3v) is 7.62. The summed E-state index contributed by atoms with van der Waals surface area (Å²) >= 11 is 6.33. The second kappa shape index (κ2) is 10.8. The second-order valence-corrected chi connectivity index (χ2v) is 10.9. The number of ether oxygens (including phenoxy) is 1. The van der Waals surface area contributed by atoms with Crippen LogP contribution in [0.5, 0.6) is 5.75 Å². The van der Waals surface area contributed by atoms with Gasteiger partial charge in [-0.05, 0) is 92.8 Å². The zero-order valence-corrected chi connectivity index (χ0v) is 24.7. The predicted octanol–water partition coefficient (Wildman–Crippen LogP) is 7.76. The number of aryl methyl sites for hydroxylation is 3. The molecule has 5 rings (SSSR count). The van der Waals surface area contributed by atoms with Crippen LogP contribution in [0.25, 0.3) is 28.0 Å². The number of hydrogen-bond donors (Lipinski definition) is 0. The van der Waals surface area contributed by atoms with Gasteiger partial charge >= 0.3 is 0 Å². The number of nitrogens with zero attached hydrogens (tertiary/aromatic N) is 4. The van der Waals surface area contributed by atoms with E-state index in [4.69, 9.17) is 26.4 Å². The zero-order chi connectivity index (χ0) is 28.7. The third kappa shape index (κ3) is 4.84. The lowest BCUT2D eigenvalue weighted by molar-refractivity contribution is 0.407. The van der Waals surface area contributed by atoms with E-state index in [9.17, 15) is 4.79 Å². The Balaban J connectivity index is 1.72. The highest BCUT2D eigenvalue weighted by atomic mass is 35.5. The van der Waals surface area contributed by atoms with Gasteiger partial charge in [0.1, 0.15) is 5.75 Å². The topological polar surface area (TPSA) is 61.4 Å². The number of fused-ring (bicyclic) bond motifs is 1. The summed E-state index contributed by atoms with van der Waals surface area (Å²) in [7, 11) is 1.68. The van der Waals surface area contributed by atoms with E-state index in [1.165, 1.54) is 4.68 Å². The van der Waals surface area contributed by atoms with Gasteiger partial charge in [-0.25, -0.2) is 4.98 Å². The van der Waals surface area contributed by atoms with Crippen molar-refractivity contribution < 1.29 is 4.74 Å². The highest BCUT2D eigenvalue weighted by Crippen LogP contribution is 2.34. The average Bonchev–Trinajstić information content (AvgIpc) is 3.21. The van der Waals surface area contributed by atoms with Crippen LogP contribution in [-0.2, 0) is 0 Å². The maximum absolute atomic E-state index is 13.8. The summed E-state index contributed by atoms with van der Waals surface area (Å²) < 4.78 is 9.23. The van der Waals surface area contributed by atoms with Crippen LogP contribution in [-0.4, -0.2) is 27.6 Å². The molecule has 0 fully saturated rings. The van der Waals surface area contributed by atoms with E-state index in [2.05, 4.69) is 37.5 Å². The van der Waals surface area contributed by atoms with Gasteiger partial charge in [-0.2, -0.15) is 9.78 Å². The molecule has 2 heterocycles. The Morgan fingerprint density at radius 2 is 1.73 bits per heavy atom. The van der Waals surface area contributed by atoms with Crippen LogP contribution >= 0.6 is 11.6 Å². The van der Waals surface area contributed by atoms with E-state index >= 15 is 0 Å². The van der Waals surface area contributed by atoms with Crippen molar-refractivity contribution in [2.75, 3.05) is 7.11 Å². The van der Waals surface area contributed by atoms with Crippen LogP contribution in [0.1, 0.15) is 53.4 Å². The van der Waals surface area contributed by atoms with Gasteiger partial charge in [-0.1, -0.05) is 43.6 Å². The molecule has 0 N–H and O–H groups in total. The van der Waals surface area contributed by atoms with Gasteiger partial charge in [-0.15, -0.1) is 0 Å². The monoisotopic (exact) mass is 552 g/mol. The number of halogens is 1. The molecule has 5 aromatic rings. The van der Waals surface area contributed by atoms with Crippen molar-refractivity contribution in [1.82, 2.24) is 14.2 Å². The quantitative estimate of drug-likeness (QED) is 0.202. The third-order valence-electron chi connectivity index (χ3n) is 7.39. The molecular formula is C33H33ClN4O2. The van der Waals surface area contributed by atoms with Gasteiger partial charge in [0.25, 0.3) is 5.56 Å². The van der Waals surface area contributed by atoms with Crippen molar-refractivity contribution in [3.05, 3.63) is 110 Å². The fraction of sp³-hybridized carbons (Fsp3) is 0.242. The summed E-state index contributed by atoms with van der Waals surface area (Å²) in [5.41, 5.74) is 8.30. The molecule has 0 aliphatic heterocycles. The zero-order valence-electron chi connectivity index (χ0n) is 23.9. The van der Waals surface area contributed by atoms with E-state index in [0.717, 1.165) is 50.6 Å². The van der Waals surface area contributed by atoms with Crippen LogP contribution in [0, 0.1) is 27.7 Å². The van der Waals surface area contributed by atoms with Gasteiger partial charge in [-0.3, -0.25) is 4.79 Å². The molecule has 0 saturated heterocycles. The summed E-state index contributed by atoms with van der Waals surface area (Å²) in [5.74, 6) is 1.53. The minimum atomic E-state index is -0.224. The molecule has 0 unspecified atom stereocenters. The van der Waals surface area contributed by atoms with E-state index in [1.54, 1.807) is 19.4 Å². The lowest BCUT2D eigenvalue weighted by Gasteiger charge is -2.17. The second-order valence-electron chi connectivity index (χ2n) is 10.5. The van der Waals surface area contributed by atoms with Crippen LogP contribution in [0.15, 0.2) is 70.6 Å². The Morgan fingerprint density at radius 1 is 0.975 bits per heavy atom. The van der Waals surface area contributed by atoms with Crippen molar-refractivity contribution in [2.24, 2.45) is 5.10 Å². The summed E-state index contributed by atoms with van der Waals surface area (Å²) in [6.07, 6.45) is 1.74. The van der Waals surface area contributed by atoms with E-state index in [-0.39, 0.29) is 11.5 Å². The van der Waals surface area contributed by atoms with Gasteiger partial charge in [0, 0.05) is 33.2 Å². The average molecular weight is 553 g/mol. The molecule has 0 amide bonds. The van der Waals surface area contributed by atoms with E-state index < -0.39 is 0 Å². The Bertz CT molecular complexity index is 1850. The Morgan fingerprint density at radius 3 is 2.45 bits per heavy atom. The number of rotatable bonds is 6. The number of para-hydroxylation sites is 1. The molecule has 40 heavy (non-hydrogen) atoms. The lowest BCUT2D eigenvalue weighted by Crippen LogP contribution is -2.21. The smallest absolute Gasteiger partial charge is 0.282 e. The Hall–Kier alpha value is -4.16. The lowest BCUT2D eigenvalue weighted by atomic mass is 9.96. The molecule has 6 nitrogen and oxygen atoms in total. The van der Waals surface area contributed by atoms with Gasteiger partial charge < -0.3 is 9.30 Å². The summed E-state index contributed by atoms with van der Waals surface area (Å²) in [5, 5.41) is 5.95. The minimum Gasteiger partial charge on any atom is -0.496 e. The van der Waals surface area contributed by atoms with E-state index in [0.29, 0.717) is 21.7 Å². The highest BCUT2D eigenvalue weighted by Gasteiger charge is 2.19. The van der Waals surface area contributed by atoms with Crippen molar-refractivity contribution in [1.29, 1.82) is 0 Å². The largest absolute Gasteiger partial charge is 0.496 e. The molecule has 0 aliphatic rings. The maximum Gasteiger partial charge on any atom is 0.282 e. The van der Waals surface area contributed by atoms with Crippen molar-refractivity contribution in [3.63, 3.8) is 0 Å². The minimum absolute atomic E-state index is 0.221. The fourth-order valence-corrected chi connectivity index (χ4v) is 5.37. The predicted molar refractivity (Wildman–Crippen MR) is 165 cm³/mol. The van der Waals surface area contributed by atoms with Gasteiger partial charge in [0.05, 0.1) is 24.2 Å². The molecule has 0 spiro atoms. The molecule has 2 aromatic heterocycles. The first-order chi connectivity index (χ1) is 19.1. The first kappa shape index (κ1) is 27.4. The van der Waals surface area contributed by atoms with E-state index in [1.807, 2.05) is 63.2 Å². The SMILES string of the molecule is COc1cc(C)c(-c2nc3ccccc3c(=O)n2N=Cc2cc(C)n(-c3cc(Cl)ccc3C)c2C)cc1C(C)C. The number of aromatic nitrogens is 3. The molecule has 0 atom stereocenters. The first-order valence-corrected chi connectivity index (χ1v) is 13.7. The summed E-state index contributed by atoms with van der Waals surface area (Å²) in [6.45, 7) is 12.4. The number of methoxy groups -OCH3 is 1. The molecule has 0 aliphatic carbocycles. The molecule has 7 heteroatoms. The van der Waals surface area contributed by atoms with Crippen LogP contribution in [0.4, 0.5) is 0 Å².